The zero-order valence-corrected chi connectivity index (χ0v) is 17.3. The number of hydrogen-bond donors (Lipinski definition) is 0. The van der Waals surface area contributed by atoms with Crippen LogP contribution >= 0.6 is 15.2 Å². The molecule has 120 valence electrons. The van der Waals surface area contributed by atoms with Gasteiger partial charge in [0.25, 0.3) is 0 Å². The topological polar surface area (TPSA) is 0 Å². The highest BCUT2D eigenvalue weighted by atomic mass is 31.2. The van der Waals surface area contributed by atoms with E-state index in [1.54, 1.807) is 0 Å². The van der Waals surface area contributed by atoms with Crippen LogP contribution in [-0.2, 0) is 0 Å². The highest BCUT2D eigenvalue weighted by Crippen LogP contribution is 2.72. The Kier molecular flexibility index (Phi) is 9.17. The van der Waals surface area contributed by atoms with Gasteiger partial charge in [-0.05, 0) is 45.9 Å². The zero-order valence-electron chi connectivity index (χ0n) is 15.5. The van der Waals surface area contributed by atoms with Crippen molar-refractivity contribution in [3.63, 3.8) is 0 Å². The highest BCUT2D eigenvalue weighted by Gasteiger charge is 2.48. The standard InChI is InChI=1S/C18H39P2/c1-11-12-20(16(6)7,17(8)9)18(10)13-19(14(2)3)15(4)5/h11,14-18H,1,12-13H2,2-10H3/q+1. The molecular weight excluding hydrogens is 278 g/mol. The predicted molar refractivity (Wildman–Crippen MR) is 104 cm³/mol. The van der Waals surface area contributed by atoms with E-state index >= 15 is 0 Å². The molecule has 0 aliphatic heterocycles. The summed E-state index contributed by atoms with van der Waals surface area (Å²) in [5.74, 6) is 0. The van der Waals surface area contributed by atoms with Crippen LogP contribution in [-0.4, -0.2) is 40.6 Å². The first kappa shape index (κ1) is 20.6. The zero-order chi connectivity index (χ0) is 16.1. The normalized spacial score (nSPS) is 14.9. The van der Waals surface area contributed by atoms with Crippen molar-refractivity contribution in [2.45, 2.75) is 90.6 Å². The van der Waals surface area contributed by atoms with E-state index in [2.05, 4.69) is 75.0 Å². The van der Waals surface area contributed by atoms with E-state index in [0.717, 1.165) is 28.3 Å². The summed E-state index contributed by atoms with van der Waals surface area (Å²) in [7, 11) is -0.815. The molecule has 0 aromatic carbocycles. The van der Waals surface area contributed by atoms with Gasteiger partial charge in [-0.25, -0.2) is 0 Å². The second-order valence-corrected chi connectivity index (χ2v) is 16.1. The van der Waals surface area contributed by atoms with Crippen molar-refractivity contribution in [2.75, 3.05) is 12.3 Å². The Bertz CT molecular complexity index is 263. The quantitative estimate of drug-likeness (QED) is 0.328. The van der Waals surface area contributed by atoms with Gasteiger partial charge in [-0.2, -0.15) is 0 Å². The SMILES string of the molecule is C=CC[P+](C(C)C)(C(C)C)C(C)CP(C(C)C)C(C)C. The highest BCUT2D eigenvalue weighted by molar-refractivity contribution is 7.78. The van der Waals surface area contributed by atoms with Gasteiger partial charge in [0.1, 0.15) is 0 Å². The molecule has 0 amide bonds. The summed E-state index contributed by atoms with van der Waals surface area (Å²) < 4.78 is 0. The summed E-state index contributed by atoms with van der Waals surface area (Å²) in [5.41, 5.74) is 4.25. The minimum atomic E-state index is -0.966. The Morgan fingerprint density at radius 3 is 1.50 bits per heavy atom. The average Bonchev–Trinajstić information content (AvgIpc) is 2.30. The number of hydrogen-bond acceptors (Lipinski definition) is 0. The molecule has 20 heavy (non-hydrogen) atoms. The first-order chi connectivity index (χ1) is 9.11. The maximum absolute atomic E-state index is 4.08. The third-order valence-electron chi connectivity index (χ3n) is 4.99. The third kappa shape index (κ3) is 4.81. The van der Waals surface area contributed by atoms with Crippen molar-refractivity contribution in [3.8, 4) is 0 Å². The summed E-state index contributed by atoms with van der Waals surface area (Å²) in [6.07, 6.45) is 4.93. The molecule has 0 aliphatic carbocycles. The summed E-state index contributed by atoms with van der Waals surface area (Å²) >= 11 is 0. The molecule has 0 radical (unpaired) electrons. The van der Waals surface area contributed by atoms with E-state index in [9.17, 15) is 0 Å². The molecule has 0 saturated carbocycles. The van der Waals surface area contributed by atoms with E-state index in [1.807, 2.05) is 0 Å². The Hall–Kier alpha value is 0.600. The molecule has 0 spiro atoms. The Labute approximate surface area is 131 Å². The molecule has 0 rings (SSSR count). The average molecular weight is 317 g/mol. The van der Waals surface area contributed by atoms with Crippen LogP contribution < -0.4 is 0 Å². The van der Waals surface area contributed by atoms with Gasteiger partial charge in [0.2, 0.25) is 0 Å². The summed E-state index contributed by atoms with van der Waals surface area (Å²) in [5, 5.41) is 0. The van der Waals surface area contributed by atoms with Crippen LogP contribution in [0.1, 0.15) is 62.3 Å². The molecule has 2 heteroatoms. The largest absolute Gasteiger partial charge is 0.0995 e. The lowest BCUT2D eigenvalue weighted by atomic mass is 10.5. The van der Waals surface area contributed by atoms with Gasteiger partial charge in [-0.1, -0.05) is 48.3 Å². The molecule has 0 N–H and O–H groups in total. The summed E-state index contributed by atoms with van der Waals surface area (Å²) in [4.78, 5) is 0. The molecule has 0 fully saturated rings. The molecule has 0 aliphatic rings. The molecule has 0 nitrogen and oxygen atoms in total. The molecule has 1 unspecified atom stereocenters. The van der Waals surface area contributed by atoms with Crippen molar-refractivity contribution < 1.29 is 0 Å². The summed E-state index contributed by atoms with van der Waals surface area (Å²) in [6, 6.07) is 0. The first-order valence-corrected chi connectivity index (χ1v) is 12.2. The van der Waals surface area contributed by atoms with Crippen molar-refractivity contribution in [1.82, 2.24) is 0 Å². The van der Waals surface area contributed by atoms with Crippen molar-refractivity contribution in [1.29, 1.82) is 0 Å². The first-order valence-electron chi connectivity index (χ1n) is 8.34. The van der Waals surface area contributed by atoms with Crippen LogP contribution in [0, 0.1) is 0 Å². The molecule has 0 aromatic heterocycles. The monoisotopic (exact) mass is 317 g/mol. The van der Waals surface area contributed by atoms with Gasteiger partial charge in [0, 0.05) is 13.4 Å². The second kappa shape index (κ2) is 8.90. The van der Waals surface area contributed by atoms with Crippen molar-refractivity contribution in [2.24, 2.45) is 0 Å². The van der Waals surface area contributed by atoms with Gasteiger partial charge < -0.3 is 0 Å². The lowest BCUT2D eigenvalue weighted by Crippen LogP contribution is -2.30. The fourth-order valence-electron chi connectivity index (χ4n) is 3.91. The number of rotatable bonds is 9. The molecule has 0 saturated heterocycles. The van der Waals surface area contributed by atoms with E-state index in [-0.39, 0.29) is 7.92 Å². The Morgan fingerprint density at radius 2 is 1.25 bits per heavy atom. The lowest BCUT2D eigenvalue weighted by Gasteiger charge is -2.41. The fraction of sp³-hybridized carbons (Fsp3) is 0.889. The minimum Gasteiger partial charge on any atom is -0.0995 e. The lowest BCUT2D eigenvalue weighted by molar-refractivity contribution is 0.901. The van der Waals surface area contributed by atoms with Crippen LogP contribution in [0.4, 0.5) is 0 Å². The maximum Gasteiger partial charge on any atom is 0.0778 e. The molecular formula is C18H39P2+. The van der Waals surface area contributed by atoms with Gasteiger partial charge in [-0.3, -0.25) is 0 Å². The van der Waals surface area contributed by atoms with E-state index in [4.69, 9.17) is 0 Å². The van der Waals surface area contributed by atoms with Gasteiger partial charge in [-0.15, -0.1) is 0 Å². The van der Waals surface area contributed by atoms with Crippen molar-refractivity contribution in [3.05, 3.63) is 12.7 Å². The van der Waals surface area contributed by atoms with Crippen LogP contribution in [0.5, 0.6) is 0 Å². The predicted octanol–water partition coefficient (Wildman–Crippen LogP) is 6.69. The van der Waals surface area contributed by atoms with Crippen LogP contribution in [0.2, 0.25) is 0 Å². The summed E-state index contributed by atoms with van der Waals surface area (Å²) in [6.45, 7) is 26.2. The third-order valence-corrected chi connectivity index (χ3v) is 15.5. The molecule has 1 atom stereocenters. The van der Waals surface area contributed by atoms with Crippen LogP contribution in [0.3, 0.4) is 0 Å². The maximum atomic E-state index is 4.08. The van der Waals surface area contributed by atoms with Gasteiger partial charge >= 0.3 is 0 Å². The number of allylic oxidation sites excluding steroid dienone is 1. The Morgan fingerprint density at radius 1 is 0.850 bits per heavy atom. The van der Waals surface area contributed by atoms with Gasteiger partial charge in [0.15, 0.2) is 0 Å². The van der Waals surface area contributed by atoms with Crippen LogP contribution in [0.15, 0.2) is 12.7 Å². The van der Waals surface area contributed by atoms with Gasteiger partial charge in [0.05, 0.1) is 23.1 Å². The van der Waals surface area contributed by atoms with Crippen molar-refractivity contribution >= 4 is 15.2 Å². The van der Waals surface area contributed by atoms with E-state index in [0.29, 0.717) is 0 Å². The van der Waals surface area contributed by atoms with Crippen LogP contribution in [0.25, 0.3) is 0 Å². The smallest absolute Gasteiger partial charge is 0.0778 e. The minimum absolute atomic E-state index is 0.151. The fourth-order valence-corrected chi connectivity index (χ4v) is 13.2. The second-order valence-electron chi connectivity index (χ2n) is 7.39. The van der Waals surface area contributed by atoms with E-state index < -0.39 is 7.26 Å². The van der Waals surface area contributed by atoms with E-state index in [1.165, 1.54) is 12.3 Å². The molecule has 0 heterocycles. The Balaban J connectivity index is 5.32. The molecule has 0 bridgehead atoms. The molecule has 0 aromatic rings.